The first-order valence-electron chi connectivity index (χ1n) is 6.61. The summed E-state index contributed by atoms with van der Waals surface area (Å²) in [6, 6.07) is 8.37. The van der Waals surface area contributed by atoms with Crippen LogP contribution in [0.1, 0.15) is 46.5 Å². The van der Waals surface area contributed by atoms with Crippen LogP contribution in [-0.4, -0.2) is 5.60 Å². The highest BCUT2D eigenvalue weighted by molar-refractivity contribution is 7.46. The predicted octanol–water partition coefficient (Wildman–Crippen LogP) is 3.91. The number of para-hydroxylation sites is 1. The third-order valence-electron chi connectivity index (χ3n) is 2.70. The summed E-state index contributed by atoms with van der Waals surface area (Å²) >= 11 is 0. The third-order valence-corrected chi connectivity index (χ3v) is 3.85. The van der Waals surface area contributed by atoms with Crippen LogP contribution in [0, 0.1) is 0 Å². The summed E-state index contributed by atoms with van der Waals surface area (Å²) in [5, 5.41) is 0. The first-order valence-corrected chi connectivity index (χ1v) is 8.07. The highest BCUT2D eigenvalue weighted by Gasteiger charge is 2.25. The van der Waals surface area contributed by atoms with E-state index in [0.29, 0.717) is 6.42 Å². The lowest BCUT2D eigenvalue weighted by Gasteiger charge is -2.33. The maximum Gasteiger partial charge on any atom is 0.320 e. The highest BCUT2D eigenvalue weighted by Crippen LogP contribution is 2.44. The van der Waals surface area contributed by atoms with Gasteiger partial charge in [-0.15, -0.1) is 0 Å². The van der Waals surface area contributed by atoms with Crippen LogP contribution in [0.15, 0.2) is 30.3 Å². The minimum atomic E-state index is -4.33. The molecule has 19 heavy (non-hydrogen) atoms. The van der Waals surface area contributed by atoms with Gasteiger partial charge in [0.2, 0.25) is 0 Å². The van der Waals surface area contributed by atoms with Crippen molar-refractivity contribution in [2.45, 2.75) is 52.1 Å². The first kappa shape index (κ1) is 16.2. The summed E-state index contributed by atoms with van der Waals surface area (Å²) < 4.78 is 21.9. The van der Waals surface area contributed by atoms with E-state index in [4.69, 9.17) is 9.05 Å². The summed E-state index contributed by atoms with van der Waals surface area (Å²) in [4.78, 5) is 11.8. The zero-order valence-corrected chi connectivity index (χ0v) is 12.7. The number of hydrogen-bond donors (Lipinski definition) is 0. The number of phosphoric ester groups is 1. The van der Waals surface area contributed by atoms with E-state index in [-0.39, 0.29) is 5.75 Å². The van der Waals surface area contributed by atoms with Crippen molar-refractivity contribution in [2.75, 3.05) is 0 Å². The Hall–Kier alpha value is -0.830. The van der Waals surface area contributed by atoms with Crippen LogP contribution < -0.4 is 9.42 Å². The standard InChI is InChI=1S/C14H23O4P/c1-4-5-9-12-14(2,3)18-19(15,16)17-13-10-7-6-8-11-13/h6-8,10-11H,4-5,9,12H2,1-3H3,(H,15,16)/p-1. The van der Waals surface area contributed by atoms with Gasteiger partial charge < -0.3 is 13.9 Å². The minimum absolute atomic E-state index is 0.269. The van der Waals surface area contributed by atoms with Gasteiger partial charge in [-0.3, -0.25) is 4.57 Å². The summed E-state index contributed by atoms with van der Waals surface area (Å²) in [5.41, 5.74) is -0.735. The quantitative estimate of drug-likeness (QED) is 0.536. The molecule has 108 valence electrons. The van der Waals surface area contributed by atoms with Gasteiger partial charge in [0.15, 0.2) is 0 Å². The second kappa shape index (κ2) is 7.09. The third kappa shape index (κ3) is 6.76. The SMILES string of the molecule is CCCCCC(C)(C)OP(=O)([O-])Oc1ccccc1. The fourth-order valence-electron chi connectivity index (χ4n) is 1.78. The molecule has 1 aromatic rings. The van der Waals surface area contributed by atoms with Gasteiger partial charge in [-0.25, -0.2) is 0 Å². The molecule has 0 N–H and O–H groups in total. The summed E-state index contributed by atoms with van der Waals surface area (Å²) in [7, 11) is -4.33. The zero-order valence-electron chi connectivity index (χ0n) is 11.8. The average Bonchev–Trinajstić information content (AvgIpc) is 2.28. The molecule has 0 saturated carbocycles. The molecule has 4 nitrogen and oxygen atoms in total. The van der Waals surface area contributed by atoms with E-state index in [1.54, 1.807) is 44.2 Å². The molecule has 0 amide bonds. The van der Waals surface area contributed by atoms with E-state index in [1.807, 2.05) is 0 Å². The number of hydrogen-bond acceptors (Lipinski definition) is 4. The van der Waals surface area contributed by atoms with Crippen LogP contribution in [0.25, 0.3) is 0 Å². The minimum Gasteiger partial charge on any atom is -0.746 e. The molecule has 0 saturated heterocycles. The largest absolute Gasteiger partial charge is 0.746 e. The lowest BCUT2D eigenvalue weighted by atomic mass is 10.0. The molecule has 1 aromatic carbocycles. The van der Waals surface area contributed by atoms with Gasteiger partial charge in [-0.1, -0.05) is 44.4 Å². The van der Waals surface area contributed by atoms with Crippen molar-refractivity contribution >= 4 is 7.82 Å². The lowest BCUT2D eigenvalue weighted by molar-refractivity contribution is -0.226. The predicted molar refractivity (Wildman–Crippen MR) is 74.0 cm³/mol. The van der Waals surface area contributed by atoms with Crippen molar-refractivity contribution in [1.29, 1.82) is 0 Å². The van der Waals surface area contributed by atoms with Crippen LogP contribution in [0.3, 0.4) is 0 Å². The topological polar surface area (TPSA) is 58.6 Å². The molecule has 0 aromatic heterocycles. The van der Waals surface area contributed by atoms with Crippen molar-refractivity contribution in [1.82, 2.24) is 0 Å². The summed E-state index contributed by atoms with van der Waals surface area (Å²) in [5.74, 6) is 0.269. The van der Waals surface area contributed by atoms with Gasteiger partial charge in [0, 0.05) is 0 Å². The monoisotopic (exact) mass is 285 g/mol. The van der Waals surface area contributed by atoms with Gasteiger partial charge in [-0.2, -0.15) is 0 Å². The van der Waals surface area contributed by atoms with Crippen LogP contribution in [0.4, 0.5) is 0 Å². The second-order valence-electron chi connectivity index (χ2n) is 5.16. The molecule has 0 bridgehead atoms. The molecular formula is C14H22O4P-. The number of rotatable bonds is 8. The maximum atomic E-state index is 11.8. The first-order chi connectivity index (χ1) is 8.85. The van der Waals surface area contributed by atoms with Gasteiger partial charge in [-0.05, 0) is 32.4 Å². The molecule has 1 unspecified atom stereocenters. The highest BCUT2D eigenvalue weighted by atomic mass is 31.2. The van der Waals surface area contributed by atoms with Crippen molar-refractivity contribution in [3.05, 3.63) is 30.3 Å². The number of unbranched alkanes of at least 4 members (excludes halogenated alkanes) is 2. The Kier molecular flexibility index (Phi) is 6.05. The van der Waals surface area contributed by atoms with Crippen LogP contribution in [-0.2, 0) is 9.09 Å². The second-order valence-corrected chi connectivity index (χ2v) is 6.42. The van der Waals surface area contributed by atoms with Crippen LogP contribution in [0.5, 0.6) is 5.75 Å². The van der Waals surface area contributed by atoms with E-state index in [9.17, 15) is 9.46 Å². The molecule has 1 rings (SSSR count). The zero-order chi connectivity index (χ0) is 14.4. The van der Waals surface area contributed by atoms with Crippen molar-refractivity contribution < 1.29 is 18.5 Å². The Labute approximate surface area is 115 Å². The van der Waals surface area contributed by atoms with E-state index in [1.165, 1.54) is 0 Å². The fourth-order valence-corrected chi connectivity index (χ4v) is 2.89. The maximum absolute atomic E-state index is 11.8. The molecule has 0 radical (unpaired) electrons. The Morgan fingerprint density at radius 2 is 1.84 bits per heavy atom. The summed E-state index contributed by atoms with van der Waals surface area (Å²) in [6.45, 7) is 5.63. The van der Waals surface area contributed by atoms with Gasteiger partial charge in [0.05, 0.1) is 5.60 Å². The van der Waals surface area contributed by atoms with Gasteiger partial charge >= 0.3 is 7.82 Å². The molecule has 0 aliphatic carbocycles. The molecule has 0 aliphatic heterocycles. The molecule has 0 fully saturated rings. The lowest BCUT2D eigenvalue weighted by Crippen LogP contribution is -2.27. The molecule has 0 spiro atoms. The van der Waals surface area contributed by atoms with Crippen molar-refractivity contribution in [3.63, 3.8) is 0 Å². The van der Waals surface area contributed by atoms with E-state index >= 15 is 0 Å². The van der Waals surface area contributed by atoms with Gasteiger partial charge in [0.25, 0.3) is 0 Å². The van der Waals surface area contributed by atoms with Crippen molar-refractivity contribution in [2.24, 2.45) is 0 Å². The molecule has 0 heterocycles. The number of benzene rings is 1. The number of phosphoric acid groups is 1. The van der Waals surface area contributed by atoms with Crippen molar-refractivity contribution in [3.8, 4) is 5.75 Å². The van der Waals surface area contributed by atoms with Crippen LogP contribution >= 0.6 is 7.82 Å². The van der Waals surface area contributed by atoms with E-state index < -0.39 is 13.4 Å². The fraction of sp³-hybridized carbons (Fsp3) is 0.571. The molecule has 5 heteroatoms. The Morgan fingerprint density at radius 3 is 2.42 bits per heavy atom. The summed E-state index contributed by atoms with van der Waals surface area (Å²) in [6.07, 6.45) is 3.78. The molecule has 0 aliphatic rings. The smallest absolute Gasteiger partial charge is 0.320 e. The normalized spacial score (nSPS) is 14.9. The molecule has 1 atom stereocenters. The van der Waals surface area contributed by atoms with E-state index in [2.05, 4.69) is 6.92 Å². The molecular weight excluding hydrogens is 263 g/mol. The average molecular weight is 285 g/mol. The Morgan fingerprint density at radius 1 is 1.21 bits per heavy atom. The Bertz CT molecular complexity index is 417. The van der Waals surface area contributed by atoms with Gasteiger partial charge in [0.1, 0.15) is 5.75 Å². The Balaban J connectivity index is 2.55. The van der Waals surface area contributed by atoms with E-state index in [0.717, 1.165) is 19.3 Å². The van der Waals surface area contributed by atoms with Crippen LogP contribution in [0.2, 0.25) is 0 Å².